The largest absolute Gasteiger partial charge is 0.481 e. The van der Waals surface area contributed by atoms with Crippen LogP contribution in [0.3, 0.4) is 0 Å². The molecule has 42 heavy (non-hydrogen) atoms. The van der Waals surface area contributed by atoms with Gasteiger partial charge in [0.05, 0.1) is 18.4 Å². The third-order valence-electron chi connectivity index (χ3n) is 5.64. The van der Waals surface area contributed by atoms with E-state index in [1.54, 1.807) is 12.1 Å². The van der Waals surface area contributed by atoms with E-state index in [-0.39, 0.29) is 42.1 Å². The standard InChI is InChI=1S/C19H19N7O6.C6H14N2O2/c20-19-25-15-14(17(30)26-19)23-11(8-22-15)7-21-10-3-1-9(2-4-10)16(29)24-12(18(31)32)5-6-13(27)28;7-4-2-1-3-5(8)6(9)10/h1-4,8,12,21H,5-7H2,(H,24,29)(H,27,28)(H,31,32)(H3,20,22,25,26,30);5H,1-4,7-8H2,(H,9,10)/t12-;/m0./s1. The lowest BCUT2D eigenvalue weighted by atomic mass is 10.1. The van der Waals surface area contributed by atoms with Gasteiger partial charge in [-0.1, -0.05) is 6.42 Å². The number of hydrogen-bond donors (Lipinski definition) is 9. The number of fused-ring (bicyclic) bond motifs is 1. The monoisotopic (exact) mass is 587 g/mol. The SMILES string of the molecule is NCCCCC(N)C(=O)O.Nc1nc2ncc(CNc3ccc(C(=O)N[C@@H](CCC(=O)O)C(=O)O)cc3)nc2c(=O)[nH]1. The van der Waals surface area contributed by atoms with Crippen LogP contribution < -0.4 is 33.4 Å². The fraction of sp³-hybridized carbons (Fsp3) is 0.360. The van der Waals surface area contributed by atoms with Crippen LogP contribution in [-0.2, 0) is 20.9 Å². The van der Waals surface area contributed by atoms with E-state index in [0.29, 0.717) is 24.3 Å². The summed E-state index contributed by atoms with van der Waals surface area (Å²) in [5.74, 6) is -4.09. The highest BCUT2D eigenvalue weighted by Crippen LogP contribution is 2.12. The van der Waals surface area contributed by atoms with E-state index >= 15 is 0 Å². The van der Waals surface area contributed by atoms with E-state index < -0.39 is 41.5 Å². The number of amides is 1. The van der Waals surface area contributed by atoms with Crippen molar-refractivity contribution in [3.05, 3.63) is 52.1 Å². The molecule has 226 valence electrons. The number of hydrogen-bond acceptors (Lipinski definition) is 12. The summed E-state index contributed by atoms with van der Waals surface area (Å²) in [6, 6.07) is 4.15. The molecule has 0 fully saturated rings. The first-order valence-electron chi connectivity index (χ1n) is 12.7. The van der Waals surface area contributed by atoms with Crippen LogP contribution in [0.25, 0.3) is 11.2 Å². The van der Waals surface area contributed by atoms with Crippen LogP contribution in [0.15, 0.2) is 35.3 Å². The molecular weight excluding hydrogens is 554 g/mol. The van der Waals surface area contributed by atoms with Gasteiger partial charge in [0.25, 0.3) is 11.5 Å². The highest BCUT2D eigenvalue weighted by molar-refractivity contribution is 5.97. The van der Waals surface area contributed by atoms with Crippen molar-refractivity contribution in [1.82, 2.24) is 25.3 Å². The fourth-order valence-corrected chi connectivity index (χ4v) is 3.39. The molecule has 0 aliphatic heterocycles. The average molecular weight is 588 g/mol. The van der Waals surface area contributed by atoms with Gasteiger partial charge in [0, 0.05) is 17.7 Å². The van der Waals surface area contributed by atoms with Gasteiger partial charge >= 0.3 is 17.9 Å². The predicted molar refractivity (Wildman–Crippen MR) is 150 cm³/mol. The Kier molecular flexibility index (Phi) is 12.7. The van der Waals surface area contributed by atoms with Gasteiger partial charge in [-0.3, -0.25) is 24.2 Å². The molecule has 1 unspecified atom stereocenters. The van der Waals surface area contributed by atoms with E-state index in [9.17, 15) is 24.0 Å². The van der Waals surface area contributed by atoms with E-state index in [0.717, 1.165) is 12.8 Å². The van der Waals surface area contributed by atoms with Crippen LogP contribution in [0.5, 0.6) is 0 Å². The lowest BCUT2D eigenvalue weighted by Gasteiger charge is -2.14. The summed E-state index contributed by atoms with van der Waals surface area (Å²) in [6.45, 7) is 0.834. The molecule has 2 atom stereocenters. The number of aliphatic carboxylic acids is 3. The van der Waals surface area contributed by atoms with Crippen molar-refractivity contribution in [3.63, 3.8) is 0 Å². The van der Waals surface area contributed by atoms with Gasteiger partial charge < -0.3 is 43.2 Å². The van der Waals surface area contributed by atoms with Gasteiger partial charge in [-0.15, -0.1) is 0 Å². The molecule has 1 aromatic carbocycles. The number of nitrogens with one attached hydrogen (secondary N) is 3. The van der Waals surface area contributed by atoms with Gasteiger partial charge in [-0.2, -0.15) is 4.98 Å². The predicted octanol–water partition coefficient (Wildman–Crippen LogP) is -0.517. The zero-order valence-electron chi connectivity index (χ0n) is 22.4. The first kappa shape index (κ1) is 33.0. The van der Waals surface area contributed by atoms with Crippen molar-refractivity contribution in [2.75, 3.05) is 17.6 Å². The van der Waals surface area contributed by atoms with E-state index in [2.05, 4.69) is 30.6 Å². The van der Waals surface area contributed by atoms with Crippen LogP contribution in [0, 0.1) is 0 Å². The van der Waals surface area contributed by atoms with Crippen molar-refractivity contribution < 1.29 is 34.5 Å². The third kappa shape index (κ3) is 10.8. The van der Waals surface area contributed by atoms with Gasteiger partial charge in [-0.25, -0.2) is 14.8 Å². The smallest absolute Gasteiger partial charge is 0.326 e. The Morgan fingerprint density at radius 1 is 0.976 bits per heavy atom. The quantitative estimate of drug-likeness (QED) is 0.107. The average Bonchev–Trinajstić information content (AvgIpc) is 2.94. The highest BCUT2D eigenvalue weighted by Gasteiger charge is 2.21. The Morgan fingerprint density at radius 2 is 1.67 bits per heavy atom. The Balaban J connectivity index is 0.000000528. The molecule has 0 bridgehead atoms. The number of benzene rings is 1. The molecule has 17 heteroatoms. The molecule has 2 aromatic heterocycles. The fourth-order valence-electron chi connectivity index (χ4n) is 3.39. The maximum absolute atomic E-state index is 12.3. The van der Waals surface area contributed by atoms with Crippen molar-refractivity contribution in [2.24, 2.45) is 11.5 Å². The number of nitrogens with two attached hydrogens (primary N) is 3. The summed E-state index contributed by atoms with van der Waals surface area (Å²) in [5, 5.41) is 31.5. The number of unbranched alkanes of at least 4 members (excludes halogenated alkanes) is 1. The second kappa shape index (κ2) is 16.2. The highest BCUT2D eigenvalue weighted by atomic mass is 16.4. The van der Waals surface area contributed by atoms with Crippen LogP contribution in [-0.4, -0.2) is 77.7 Å². The second-order valence-corrected chi connectivity index (χ2v) is 8.94. The van der Waals surface area contributed by atoms with Gasteiger partial charge in [0.2, 0.25) is 5.95 Å². The van der Waals surface area contributed by atoms with Gasteiger partial charge in [-0.05, 0) is 50.1 Å². The lowest BCUT2D eigenvalue weighted by molar-refractivity contribution is -0.141. The third-order valence-corrected chi connectivity index (χ3v) is 5.64. The van der Waals surface area contributed by atoms with E-state index in [1.165, 1.54) is 18.3 Å². The number of aromatic amines is 1. The van der Waals surface area contributed by atoms with Crippen LogP contribution in [0.1, 0.15) is 48.2 Å². The molecule has 0 aliphatic carbocycles. The van der Waals surface area contributed by atoms with Crippen molar-refractivity contribution in [2.45, 2.75) is 50.7 Å². The maximum Gasteiger partial charge on any atom is 0.326 e. The van der Waals surface area contributed by atoms with Crippen LogP contribution in [0.4, 0.5) is 11.6 Å². The Morgan fingerprint density at radius 3 is 2.26 bits per heavy atom. The number of nitrogens with zero attached hydrogens (tertiary/aromatic N) is 3. The summed E-state index contributed by atoms with van der Waals surface area (Å²) in [7, 11) is 0. The number of anilines is 2. The number of aromatic nitrogens is 4. The number of H-pyrrole nitrogens is 1. The molecule has 3 rings (SSSR count). The van der Waals surface area contributed by atoms with E-state index in [4.69, 9.17) is 32.5 Å². The number of carboxylic acid groups (broad SMARTS) is 3. The molecule has 0 spiro atoms. The van der Waals surface area contributed by atoms with Crippen LogP contribution >= 0.6 is 0 Å². The number of carboxylic acids is 3. The number of carbonyl (C=O) groups is 4. The minimum atomic E-state index is -1.31. The zero-order valence-corrected chi connectivity index (χ0v) is 22.4. The maximum atomic E-state index is 12.3. The summed E-state index contributed by atoms with van der Waals surface area (Å²) >= 11 is 0. The van der Waals surface area contributed by atoms with Crippen LogP contribution in [0.2, 0.25) is 0 Å². The summed E-state index contributed by atoms with van der Waals surface area (Å²) in [6.07, 6.45) is 3.00. The van der Waals surface area contributed by atoms with E-state index in [1.807, 2.05) is 0 Å². The molecule has 17 nitrogen and oxygen atoms in total. The summed E-state index contributed by atoms with van der Waals surface area (Å²) < 4.78 is 0. The molecule has 2 heterocycles. The Labute approximate surface area is 238 Å². The topological polar surface area (TPSA) is 303 Å². The van der Waals surface area contributed by atoms with Crippen molar-refractivity contribution >= 4 is 46.6 Å². The Hall–Kier alpha value is -5.16. The normalized spacial score (nSPS) is 12.0. The molecule has 0 radical (unpaired) electrons. The first-order valence-corrected chi connectivity index (χ1v) is 12.7. The molecule has 12 N–H and O–H groups in total. The molecular formula is C25H33N9O8. The molecule has 3 aromatic rings. The number of carbonyl (C=O) groups excluding carboxylic acids is 1. The molecule has 0 saturated heterocycles. The molecule has 1 amide bonds. The number of nitrogen functional groups attached to an aromatic ring is 1. The zero-order chi connectivity index (χ0) is 31.2. The second-order valence-electron chi connectivity index (χ2n) is 8.94. The number of rotatable bonds is 14. The minimum absolute atomic E-state index is 0.0524. The summed E-state index contributed by atoms with van der Waals surface area (Å²) in [5.41, 5.74) is 16.9. The minimum Gasteiger partial charge on any atom is -0.481 e. The van der Waals surface area contributed by atoms with Gasteiger partial charge in [0.15, 0.2) is 11.2 Å². The lowest BCUT2D eigenvalue weighted by Crippen LogP contribution is -2.41. The van der Waals surface area contributed by atoms with Crippen molar-refractivity contribution in [1.29, 1.82) is 0 Å². The molecule has 0 saturated carbocycles. The van der Waals surface area contributed by atoms with Crippen molar-refractivity contribution in [3.8, 4) is 0 Å². The summed E-state index contributed by atoms with van der Waals surface area (Å²) in [4.78, 5) is 70.7. The molecule has 0 aliphatic rings. The van der Waals surface area contributed by atoms with Gasteiger partial charge in [0.1, 0.15) is 12.1 Å². The first-order chi connectivity index (χ1) is 19.9. The Bertz CT molecular complexity index is 1450.